The predicted molar refractivity (Wildman–Crippen MR) is 55.3 cm³/mol. The average Bonchev–Trinajstić information content (AvgIpc) is 2.44. The second-order valence-corrected chi connectivity index (χ2v) is 5.05. The highest BCUT2D eigenvalue weighted by Gasteiger charge is 2.39. The summed E-state index contributed by atoms with van der Waals surface area (Å²) in [6, 6.07) is -0.674. The molecule has 0 saturated carbocycles. The van der Waals surface area contributed by atoms with Gasteiger partial charge in [-0.05, 0) is 20.8 Å². The monoisotopic (exact) mass is 236 g/mol. The number of carbonyl (C=O) groups excluding carboxylic acids is 1. The van der Waals surface area contributed by atoms with Crippen molar-refractivity contribution in [2.75, 3.05) is 13.1 Å². The van der Waals surface area contributed by atoms with Crippen molar-refractivity contribution in [3.05, 3.63) is 0 Å². The summed E-state index contributed by atoms with van der Waals surface area (Å²) < 4.78 is 30.1. The van der Waals surface area contributed by atoms with Gasteiger partial charge >= 0.3 is 6.09 Å². The number of carbonyl (C=O) groups is 1. The van der Waals surface area contributed by atoms with Gasteiger partial charge in [0, 0.05) is 19.1 Å². The van der Waals surface area contributed by atoms with Crippen molar-refractivity contribution in [3.63, 3.8) is 0 Å². The van der Waals surface area contributed by atoms with E-state index in [1.54, 1.807) is 20.8 Å². The third-order valence-electron chi connectivity index (χ3n) is 2.39. The number of nitrogens with zero attached hydrogens (tertiary/aromatic N) is 1. The zero-order chi connectivity index (χ0) is 12.5. The maximum atomic E-state index is 12.5. The van der Waals surface area contributed by atoms with Crippen molar-refractivity contribution >= 4 is 6.09 Å². The second-order valence-electron chi connectivity index (χ2n) is 5.05. The number of ether oxygens (including phenoxy) is 1. The summed E-state index contributed by atoms with van der Waals surface area (Å²) in [5.74, 6) is -0.951. The molecule has 1 amide bonds. The Bertz CT molecular complexity index is 266. The molecule has 0 aromatic rings. The van der Waals surface area contributed by atoms with E-state index >= 15 is 0 Å². The molecule has 1 aliphatic heterocycles. The summed E-state index contributed by atoms with van der Waals surface area (Å²) >= 11 is 0. The fraction of sp³-hybridized carbons (Fsp3) is 0.900. The van der Waals surface area contributed by atoms with Gasteiger partial charge < -0.3 is 15.4 Å². The third-order valence-corrected chi connectivity index (χ3v) is 2.39. The van der Waals surface area contributed by atoms with Crippen LogP contribution in [0.15, 0.2) is 0 Å². The Morgan fingerprint density at radius 2 is 2.00 bits per heavy atom. The van der Waals surface area contributed by atoms with Crippen molar-refractivity contribution in [1.82, 2.24) is 4.90 Å². The molecule has 1 saturated heterocycles. The highest BCUT2D eigenvalue weighted by atomic mass is 19.3. The molecule has 0 radical (unpaired) electrons. The number of alkyl halides is 2. The van der Waals surface area contributed by atoms with E-state index in [1.165, 1.54) is 4.90 Å². The summed E-state index contributed by atoms with van der Waals surface area (Å²) in [4.78, 5) is 12.8. The average molecular weight is 236 g/mol. The van der Waals surface area contributed by atoms with Crippen molar-refractivity contribution in [3.8, 4) is 0 Å². The van der Waals surface area contributed by atoms with Crippen LogP contribution < -0.4 is 5.73 Å². The van der Waals surface area contributed by atoms with E-state index in [-0.39, 0.29) is 13.1 Å². The molecule has 0 spiro atoms. The summed E-state index contributed by atoms with van der Waals surface area (Å²) in [6.07, 6.45) is -3.08. The molecular weight excluding hydrogens is 218 g/mol. The molecule has 0 aromatic heterocycles. The van der Waals surface area contributed by atoms with Crippen LogP contribution >= 0.6 is 0 Å². The Morgan fingerprint density at radius 3 is 2.38 bits per heavy atom. The Hall–Kier alpha value is -0.910. The number of halogens is 2. The first-order valence-corrected chi connectivity index (χ1v) is 5.22. The lowest BCUT2D eigenvalue weighted by atomic mass is 10.1. The summed E-state index contributed by atoms with van der Waals surface area (Å²) in [6.45, 7) is 5.28. The van der Waals surface area contributed by atoms with Gasteiger partial charge in [0.05, 0.1) is 5.92 Å². The van der Waals surface area contributed by atoms with Gasteiger partial charge in [0.15, 0.2) is 0 Å². The molecule has 2 N–H and O–H groups in total. The van der Waals surface area contributed by atoms with E-state index in [0.717, 1.165) is 0 Å². The molecule has 0 bridgehead atoms. The van der Waals surface area contributed by atoms with Gasteiger partial charge in [0.1, 0.15) is 5.60 Å². The molecule has 0 aromatic carbocycles. The van der Waals surface area contributed by atoms with E-state index in [2.05, 4.69) is 0 Å². The van der Waals surface area contributed by atoms with Crippen molar-refractivity contribution in [2.45, 2.75) is 38.8 Å². The van der Waals surface area contributed by atoms with Gasteiger partial charge in [-0.25, -0.2) is 13.6 Å². The van der Waals surface area contributed by atoms with Crippen molar-refractivity contribution in [1.29, 1.82) is 0 Å². The Morgan fingerprint density at radius 1 is 1.44 bits per heavy atom. The largest absolute Gasteiger partial charge is 0.444 e. The van der Waals surface area contributed by atoms with Gasteiger partial charge in [-0.3, -0.25) is 0 Å². The number of hydrogen-bond acceptors (Lipinski definition) is 3. The quantitative estimate of drug-likeness (QED) is 0.749. The predicted octanol–water partition coefficient (Wildman–Crippen LogP) is 1.45. The van der Waals surface area contributed by atoms with Crippen LogP contribution in [0.4, 0.5) is 13.6 Å². The lowest BCUT2D eigenvalue weighted by molar-refractivity contribution is 0.0254. The number of amides is 1. The number of rotatable bonds is 1. The molecule has 1 aliphatic rings. The summed E-state index contributed by atoms with van der Waals surface area (Å²) in [5.41, 5.74) is 4.92. The van der Waals surface area contributed by atoms with Gasteiger partial charge in [-0.2, -0.15) is 0 Å². The first-order chi connectivity index (χ1) is 7.20. The highest BCUT2D eigenvalue weighted by molar-refractivity contribution is 5.68. The Labute approximate surface area is 93.7 Å². The van der Waals surface area contributed by atoms with E-state index in [1.807, 2.05) is 0 Å². The van der Waals surface area contributed by atoms with Crippen LogP contribution in [0.2, 0.25) is 0 Å². The molecule has 16 heavy (non-hydrogen) atoms. The van der Waals surface area contributed by atoms with E-state index < -0.39 is 30.1 Å². The highest BCUT2D eigenvalue weighted by Crippen LogP contribution is 2.23. The molecule has 0 unspecified atom stereocenters. The second kappa shape index (κ2) is 4.53. The Kier molecular flexibility index (Phi) is 3.72. The number of hydrogen-bond donors (Lipinski definition) is 1. The molecule has 94 valence electrons. The van der Waals surface area contributed by atoms with Gasteiger partial charge in [0.25, 0.3) is 0 Å². The standard InChI is InChI=1S/C10H18F2N2O2/c1-10(2,3)16-9(15)14-4-6(8(11)12)7(13)5-14/h6-8H,4-5,13H2,1-3H3/t6-,7+/m1/s1. The topological polar surface area (TPSA) is 55.6 Å². The van der Waals surface area contributed by atoms with Crippen LogP contribution in [0.5, 0.6) is 0 Å². The third kappa shape index (κ3) is 3.30. The Balaban J connectivity index is 2.55. The molecule has 1 rings (SSSR count). The van der Waals surface area contributed by atoms with Gasteiger partial charge in [0.2, 0.25) is 6.43 Å². The lowest BCUT2D eigenvalue weighted by Gasteiger charge is -2.24. The SMILES string of the molecule is CC(C)(C)OC(=O)N1C[C@H](N)[C@H](C(F)F)C1. The van der Waals surface area contributed by atoms with Crippen LogP contribution in [0, 0.1) is 5.92 Å². The zero-order valence-electron chi connectivity index (χ0n) is 9.74. The summed E-state index contributed by atoms with van der Waals surface area (Å²) in [5, 5.41) is 0. The van der Waals surface area contributed by atoms with E-state index in [4.69, 9.17) is 10.5 Å². The molecular formula is C10H18F2N2O2. The van der Waals surface area contributed by atoms with E-state index in [9.17, 15) is 13.6 Å². The minimum Gasteiger partial charge on any atom is -0.444 e. The molecule has 4 nitrogen and oxygen atoms in total. The first kappa shape index (κ1) is 13.2. The smallest absolute Gasteiger partial charge is 0.410 e. The molecule has 2 atom stereocenters. The zero-order valence-corrected chi connectivity index (χ0v) is 9.74. The van der Waals surface area contributed by atoms with Gasteiger partial charge in [-0.15, -0.1) is 0 Å². The van der Waals surface area contributed by atoms with Crippen LogP contribution in [0.25, 0.3) is 0 Å². The number of likely N-dealkylation sites (tertiary alicyclic amines) is 1. The summed E-state index contributed by atoms with van der Waals surface area (Å²) in [7, 11) is 0. The first-order valence-electron chi connectivity index (χ1n) is 5.22. The van der Waals surface area contributed by atoms with Crippen molar-refractivity contribution in [2.24, 2.45) is 11.7 Å². The molecule has 6 heteroatoms. The minimum atomic E-state index is -2.50. The van der Waals surface area contributed by atoms with Crippen LogP contribution in [-0.4, -0.2) is 42.2 Å². The van der Waals surface area contributed by atoms with Crippen LogP contribution in [0.1, 0.15) is 20.8 Å². The lowest BCUT2D eigenvalue weighted by Crippen LogP contribution is -2.36. The van der Waals surface area contributed by atoms with Crippen molar-refractivity contribution < 1.29 is 18.3 Å². The normalized spacial score (nSPS) is 26.3. The maximum Gasteiger partial charge on any atom is 0.410 e. The van der Waals surface area contributed by atoms with Crippen LogP contribution in [-0.2, 0) is 4.74 Å². The van der Waals surface area contributed by atoms with Crippen LogP contribution in [0.3, 0.4) is 0 Å². The minimum absolute atomic E-state index is 0.0340. The molecule has 1 fully saturated rings. The van der Waals surface area contributed by atoms with E-state index in [0.29, 0.717) is 0 Å². The fourth-order valence-corrected chi connectivity index (χ4v) is 1.60. The fourth-order valence-electron chi connectivity index (χ4n) is 1.60. The molecule has 0 aliphatic carbocycles. The maximum absolute atomic E-state index is 12.5. The van der Waals surface area contributed by atoms with Gasteiger partial charge in [-0.1, -0.05) is 0 Å². The molecule has 1 heterocycles. The number of nitrogens with two attached hydrogens (primary N) is 1.